The van der Waals surface area contributed by atoms with Crippen molar-refractivity contribution in [2.75, 3.05) is 18.0 Å². The van der Waals surface area contributed by atoms with Crippen LogP contribution >= 0.6 is 0 Å². The molecule has 1 atom stereocenters. The van der Waals surface area contributed by atoms with Gasteiger partial charge < -0.3 is 4.90 Å². The Morgan fingerprint density at radius 2 is 2.00 bits per heavy atom. The highest BCUT2D eigenvalue weighted by molar-refractivity contribution is 5.68. The van der Waals surface area contributed by atoms with Gasteiger partial charge in [0.05, 0.1) is 11.4 Å². The van der Waals surface area contributed by atoms with Crippen molar-refractivity contribution in [1.82, 2.24) is 19.8 Å². The standard InChI is InChI=1S/C16H25N5/c1-12-10-14(15-18-17-11-21(15)19-12)20-8-5-6-13(7-9-20)16(2,3)4/h10-11,13H,5-9H2,1-4H3. The molecular formula is C16H25N5. The molecule has 0 aromatic carbocycles. The third-order valence-corrected chi connectivity index (χ3v) is 4.66. The van der Waals surface area contributed by atoms with Crippen LogP contribution in [0.2, 0.25) is 0 Å². The fourth-order valence-electron chi connectivity index (χ4n) is 3.37. The van der Waals surface area contributed by atoms with Gasteiger partial charge in [0.15, 0.2) is 0 Å². The lowest BCUT2D eigenvalue weighted by atomic mass is 9.77. The van der Waals surface area contributed by atoms with Crippen LogP contribution in [0.25, 0.3) is 5.65 Å². The average Bonchev–Trinajstić information content (AvgIpc) is 2.71. The molecule has 2 aromatic rings. The van der Waals surface area contributed by atoms with Crippen molar-refractivity contribution in [3.8, 4) is 0 Å². The number of hydrogen-bond donors (Lipinski definition) is 0. The predicted molar refractivity (Wildman–Crippen MR) is 84.5 cm³/mol. The molecule has 0 bridgehead atoms. The number of anilines is 1. The van der Waals surface area contributed by atoms with Crippen LogP contribution in [0, 0.1) is 18.3 Å². The van der Waals surface area contributed by atoms with E-state index in [1.807, 2.05) is 6.92 Å². The molecular weight excluding hydrogens is 262 g/mol. The third-order valence-electron chi connectivity index (χ3n) is 4.66. The smallest absolute Gasteiger partial charge is 0.200 e. The summed E-state index contributed by atoms with van der Waals surface area (Å²) in [5.74, 6) is 0.791. The first-order valence-electron chi connectivity index (χ1n) is 7.88. The van der Waals surface area contributed by atoms with E-state index in [1.54, 1.807) is 10.8 Å². The van der Waals surface area contributed by atoms with Crippen LogP contribution < -0.4 is 4.90 Å². The number of hydrogen-bond acceptors (Lipinski definition) is 4. The topological polar surface area (TPSA) is 46.3 Å². The highest BCUT2D eigenvalue weighted by Gasteiger charge is 2.27. The first-order chi connectivity index (χ1) is 9.95. The number of aromatic nitrogens is 4. The van der Waals surface area contributed by atoms with Gasteiger partial charge >= 0.3 is 0 Å². The molecule has 0 saturated carbocycles. The summed E-state index contributed by atoms with van der Waals surface area (Å²) in [6.07, 6.45) is 5.48. The summed E-state index contributed by atoms with van der Waals surface area (Å²) in [7, 11) is 0. The lowest BCUT2D eigenvalue weighted by Crippen LogP contribution is -2.26. The van der Waals surface area contributed by atoms with Crippen LogP contribution in [0.4, 0.5) is 5.69 Å². The third kappa shape index (κ3) is 2.87. The molecule has 3 heterocycles. The van der Waals surface area contributed by atoms with E-state index >= 15 is 0 Å². The van der Waals surface area contributed by atoms with E-state index in [9.17, 15) is 0 Å². The van der Waals surface area contributed by atoms with E-state index in [-0.39, 0.29) is 0 Å². The van der Waals surface area contributed by atoms with Crippen molar-refractivity contribution in [1.29, 1.82) is 0 Å². The van der Waals surface area contributed by atoms with Gasteiger partial charge in [-0.2, -0.15) is 9.61 Å². The van der Waals surface area contributed by atoms with Gasteiger partial charge in [0.25, 0.3) is 0 Å². The SMILES string of the molecule is Cc1cc(N2CCCC(C(C)(C)C)CC2)c2nncn2n1. The van der Waals surface area contributed by atoms with Gasteiger partial charge in [-0.05, 0) is 43.6 Å². The highest BCUT2D eigenvalue weighted by atomic mass is 15.4. The van der Waals surface area contributed by atoms with E-state index in [4.69, 9.17) is 0 Å². The van der Waals surface area contributed by atoms with Gasteiger partial charge in [-0.25, -0.2) is 0 Å². The number of fused-ring (bicyclic) bond motifs is 1. The zero-order chi connectivity index (χ0) is 15.0. The number of rotatable bonds is 1. The van der Waals surface area contributed by atoms with Crippen LogP contribution in [0.15, 0.2) is 12.4 Å². The molecule has 1 saturated heterocycles. The maximum absolute atomic E-state index is 4.43. The Balaban J connectivity index is 1.88. The summed E-state index contributed by atoms with van der Waals surface area (Å²) in [5, 5.41) is 12.7. The molecule has 1 aliphatic heterocycles. The largest absolute Gasteiger partial charge is 0.368 e. The Morgan fingerprint density at radius 1 is 1.19 bits per heavy atom. The van der Waals surface area contributed by atoms with Crippen molar-refractivity contribution in [3.05, 3.63) is 18.1 Å². The lowest BCUT2D eigenvalue weighted by Gasteiger charge is -2.30. The summed E-state index contributed by atoms with van der Waals surface area (Å²) in [6, 6.07) is 2.14. The van der Waals surface area contributed by atoms with E-state index in [0.29, 0.717) is 5.41 Å². The molecule has 0 radical (unpaired) electrons. The van der Waals surface area contributed by atoms with Crippen molar-refractivity contribution >= 4 is 11.3 Å². The van der Waals surface area contributed by atoms with Crippen LogP contribution in [0.5, 0.6) is 0 Å². The minimum atomic E-state index is 0.397. The number of aryl methyl sites for hydroxylation is 1. The average molecular weight is 287 g/mol. The quantitative estimate of drug-likeness (QED) is 0.808. The van der Waals surface area contributed by atoms with E-state index in [2.05, 4.69) is 47.0 Å². The van der Waals surface area contributed by atoms with Crippen molar-refractivity contribution < 1.29 is 0 Å². The van der Waals surface area contributed by atoms with Crippen LogP contribution in [0.3, 0.4) is 0 Å². The van der Waals surface area contributed by atoms with E-state index < -0.39 is 0 Å². The Hall–Kier alpha value is -1.65. The molecule has 5 heteroatoms. The Kier molecular flexibility index (Phi) is 3.59. The van der Waals surface area contributed by atoms with Gasteiger partial charge in [-0.15, -0.1) is 10.2 Å². The molecule has 5 nitrogen and oxygen atoms in total. The second-order valence-corrected chi connectivity index (χ2v) is 7.25. The molecule has 1 unspecified atom stereocenters. The monoisotopic (exact) mass is 287 g/mol. The lowest BCUT2D eigenvalue weighted by molar-refractivity contribution is 0.220. The fraction of sp³-hybridized carbons (Fsp3) is 0.688. The Labute approximate surface area is 126 Å². The molecule has 3 rings (SSSR count). The van der Waals surface area contributed by atoms with E-state index in [0.717, 1.165) is 30.3 Å². The van der Waals surface area contributed by atoms with Crippen LogP contribution in [-0.2, 0) is 0 Å². The first kappa shape index (κ1) is 14.3. The van der Waals surface area contributed by atoms with Crippen LogP contribution in [-0.4, -0.2) is 32.9 Å². The van der Waals surface area contributed by atoms with E-state index in [1.165, 1.54) is 24.9 Å². The molecule has 0 amide bonds. The second kappa shape index (κ2) is 5.28. The van der Waals surface area contributed by atoms with Crippen molar-refractivity contribution in [2.24, 2.45) is 11.3 Å². The van der Waals surface area contributed by atoms with Crippen molar-refractivity contribution in [3.63, 3.8) is 0 Å². The zero-order valence-corrected chi connectivity index (χ0v) is 13.5. The van der Waals surface area contributed by atoms with Gasteiger partial charge in [0.2, 0.25) is 5.65 Å². The van der Waals surface area contributed by atoms with Gasteiger partial charge in [0, 0.05) is 13.1 Å². The molecule has 1 aliphatic rings. The molecule has 1 fully saturated rings. The second-order valence-electron chi connectivity index (χ2n) is 7.25. The van der Waals surface area contributed by atoms with Gasteiger partial charge in [0.1, 0.15) is 6.33 Å². The van der Waals surface area contributed by atoms with Gasteiger partial charge in [-0.3, -0.25) is 0 Å². The fourth-order valence-corrected chi connectivity index (χ4v) is 3.37. The maximum Gasteiger partial charge on any atom is 0.200 e. The van der Waals surface area contributed by atoms with Crippen LogP contribution in [0.1, 0.15) is 45.7 Å². The Morgan fingerprint density at radius 3 is 2.76 bits per heavy atom. The Bertz CT molecular complexity index is 625. The summed E-state index contributed by atoms with van der Waals surface area (Å²) in [5.41, 5.74) is 3.45. The minimum absolute atomic E-state index is 0.397. The molecule has 114 valence electrons. The highest BCUT2D eigenvalue weighted by Crippen LogP contribution is 2.35. The van der Waals surface area contributed by atoms with Gasteiger partial charge in [-0.1, -0.05) is 20.8 Å². The maximum atomic E-state index is 4.43. The molecule has 0 spiro atoms. The normalized spacial score (nSPS) is 20.8. The summed E-state index contributed by atoms with van der Waals surface area (Å²) in [4.78, 5) is 2.46. The van der Waals surface area contributed by atoms with Crippen molar-refractivity contribution in [2.45, 2.75) is 47.0 Å². The predicted octanol–water partition coefficient (Wildman–Crippen LogP) is 3.09. The zero-order valence-electron chi connectivity index (χ0n) is 13.5. The number of nitrogens with zero attached hydrogens (tertiary/aromatic N) is 5. The molecule has 2 aromatic heterocycles. The molecule has 0 N–H and O–H groups in total. The summed E-state index contributed by atoms with van der Waals surface area (Å²) in [6.45, 7) is 11.3. The molecule has 0 aliphatic carbocycles. The first-order valence-corrected chi connectivity index (χ1v) is 7.88. The molecule has 21 heavy (non-hydrogen) atoms. The summed E-state index contributed by atoms with van der Waals surface area (Å²) < 4.78 is 1.79. The minimum Gasteiger partial charge on any atom is -0.368 e. The summed E-state index contributed by atoms with van der Waals surface area (Å²) >= 11 is 0.